The molecule has 9 heteroatoms. The van der Waals surface area contributed by atoms with Crippen LogP contribution in [-0.2, 0) is 4.79 Å². The van der Waals surface area contributed by atoms with Crippen LogP contribution in [0.1, 0.15) is 4.88 Å². The zero-order valence-electron chi connectivity index (χ0n) is 12.8. The predicted octanol–water partition coefficient (Wildman–Crippen LogP) is 2.88. The minimum absolute atomic E-state index is 0.0253. The topological polar surface area (TPSA) is 74.6 Å². The summed E-state index contributed by atoms with van der Waals surface area (Å²) in [5.41, 5.74) is -0.261. The summed E-state index contributed by atoms with van der Waals surface area (Å²) in [5, 5.41) is 14.0. The third-order valence-electron chi connectivity index (χ3n) is 3.69. The maximum absolute atomic E-state index is 13.8. The predicted molar refractivity (Wildman–Crippen MR) is 93.2 cm³/mol. The van der Waals surface area contributed by atoms with Crippen molar-refractivity contribution >= 4 is 45.2 Å². The van der Waals surface area contributed by atoms with E-state index in [9.17, 15) is 18.7 Å². The third-order valence-corrected chi connectivity index (χ3v) is 4.91. The summed E-state index contributed by atoms with van der Waals surface area (Å²) in [7, 11) is 0. The first-order valence-electron chi connectivity index (χ1n) is 7.28. The standard InChI is InChI=1S/C17H8ClF2N3O2S/c18-7-4-5-11-8(6-7)12(15(24)21-11)14-16(25)23-17(26-14)22-13-9(19)2-1-3-10(13)20/h1-6,25H,(H,22,23). The summed E-state index contributed by atoms with van der Waals surface area (Å²) in [6.07, 6.45) is 0. The number of halogens is 3. The number of thiazole rings is 1. The van der Waals surface area contributed by atoms with Crippen molar-refractivity contribution in [1.82, 2.24) is 4.98 Å². The Balaban J connectivity index is 1.82. The van der Waals surface area contributed by atoms with Crippen LogP contribution >= 0.6 is 22.9 Å². The second-order valence-corrected chi connectivity index (χ2v) is 6.78. The van der Waals surface area contributed by atoms with E-state index in [0.29, 0.717) is 15.6 Å². The summed E-state index contributed by atoms with van der Waals surface area (Å²) in [5.74, 6) is -2.61. The van der Waals surface area contributed by atoms with Crippen LogP contribution in [0.3, 0.4) is 0 Å². The fourth-order valence-corrected chi connectivity index (χ4v) is 3.65. The summed E-state index contributed by atoms with van der Waals surface area (Å²) < 4.78 is 27.5. The number of benzene rings is 2. The van der Waals surface area contributed by atoms with E-state index in [-0.39, 0.29) is 15.6 Å². The van der Waals surface area contributed by atoms with Crippen molar-refractivity contribution in [2.24, 2.45) is 4.99 Å². The normalized spacial score (nSPS) is 12.9. The quantitative estimate of drug-likeness (QED) is 0.720. The van der Waals surface area contributed by atoms with Gasteiger partial charge in [-0.2, -0.15) is 4.98 Å². The molecule has 0 radical (unpaired) electrons. The van der Waals surface area contributed by atoms with Gasteiger partial charge in [0, 0.05) is 10.2 Å². The molecule has 5 nitrogen and oxygen atoms in total. The Kier molecular flexibility index (Phi) is 3.93. The number of hydrogen-bond donors (Lipinski definition) is 2. The number of anilines is 2. The molecule has 4 rings (SSSR count). The fraction of sp³-hybridized carbons (Fsp3) is 0. The molecular formula is C17H8ClF2N3O2S. The van der Waals surface area contributed by atoms with Crippen molar-refractivity contribution in [2.75, 3.05) is 5.32 Å². The van der Waals surface area contributed by atoms with E-state index in [4.69, 9.17) is 11.6 Å². The SMILES string of the molecule is O=C1N=c2ccc(Cl)cc2=C1c1sc(Nc2c(F)cccc2F)nc1O. The van der Waals surface area contributed by atoms with Gasteiger partial charge in [-0.05, 0) is 30.3 Å². The highest BCUT2D eigenvalue weighted by atomic mass is 35.5. The highest BCUT2D eigenvalue weighted by Crippen LogP contribution is 2.36. The molecule has 1 aliphatic rings. The average molecular weight is 392 g/mol. The molecular weight excluding hydrogens is 384 g/mol. The van der Waals surface area contributed by atoms with E-state index in [1.807, 2.05) is 0 Å². The molecule has 0 atom stereocenters. The summed E-state index contributed by atoms with van der Waals surface area (Å²) >= 11 is 6.85. The molecule has 0 unspecified atom stereocenters. The number of carbonyl (C=O) groups is 1. The number of aromatic nitrogens is 1. The van der Waals surface area contributed by atoms with E-state index < -0.39 is 29.1 Å². The second-order valence-electron chi connectivity index (χ2n) is 5.35. The number of hydrogen-bond acceptors (Lipinski definition) is 5. The van der Waals surface area contributed by atoms with Gasteiger partial charge in [0.05, 0.1) is 10.9 Å². The summed E-state index contributed by atoms with van der Waals surface area (Å²) in [6.45, 7) is 0. The van der Waals surface area contributed by atoms with Gasteiger partial charge in [0.25, 0.3) is 5.91 Å². The van der Waals surface area contributed by atoms with Crippen LogP contribution in [0.25, 0.3) is 5.57 Å². The molecule has 3 aromatic rings. The lowest BCUT2D eigenvalue weighted by molar-refractivity contribution is -0.112. The van der Waals surface area contributed by atoms with Crippen molar-refractivity contribution in [3.05, 3.63) is 68.5 Å². The molecule has 0 spiro atoms. The molecule has 130 valence electrons. The number of amides is 1. The number of nitrogens with zero attached hydrogens (tertiary/aromatic N) is 2. The Morgan fingerprint density at radius 3 is 2.62 bits per heavy atom. The first-order valence-corrected chi connectivity index (χ1v) is 8.47. The highest BCUT2D eigenvalue weighted by Gasteiger charge is 2.25. The lowest BCUT2D eigenvalue weighted by Gasteiger charge is -2.04. The summed E-state index contributed by atoms with van der Waals surface area (Å²) in [6, 6.07) is 8.16. The first kappa shape index (κ1) is 16.6. The Bertz CT molecular complexity index is 1170. The lowest BCUT2D eigenvalue weighted by Crippen LogP contribution is -2.22. The van der Waals surface area contributed by atoms with E-state index in [1.165, 1.54) is 6.07 Å². The molecule has 0 bridgehead atoms. The molecule has 2 aromatic carbocycles. The molecule has 26 heavy (non-hydrogen) atoms. The van der Waals surface area contributed by atoms with Crippen LogP contribution in [-0.4, -0.2) is 16.0 Å². The molecule has 2 N–H and O–H groups in total. The Hall–Kier alpha value is -2.84. The van der Waals surface area contributed by atoms with E-state index in [2.05, 4.69) is 15.3 Å². The van der Waals surface area contributed by atoms with Gasteiger partial charge in [0.1, 0.15) is 22.2 Å². The van der Waals surface area contributed by atoms with Crippen molar-refractivity contribution in [2.45, 2.75) is 0 Å². The zero-order chi connectivity index (χ0) is 18.4. The van der Waals surface area contributed by atoms with Gasteiger partial charge in [-0.15, -0.1) is 0 Å². The molecule has 1 aromatic heterocycles. The van der Waals surface area contributed by atoms with Crippen molar-refractivity contribution in [3.8, 4) is 5.88 Å². The monoisotopic (exact) mass is 391 g/mol. The number of rotatable bonds is 3. The number of fused-ring (bicyclic) bond motifs is 1. The third kappa shape index (κ3) is 2.73. The second kappa shape index (κ2) is 6.15. The lowest BCUT2D eigenvalue weighted by atomic mass is 10.1. The molecule has 1 amide bonds. The van der Waals surface area contributed by atoms with E-state index in [0.717, 1.165) is 23.5 Å². The van der Waals surface area contributed by atoms with E-state index in [1.54, 1.807) is 18.2 Å². The first-order chi connectivity index (χ1) is 12.4. The smallest absolute Gasteiger partial charge is 0.279 e. The van der Waals surface area contributed by atoms with Crippen LogP contribution in [0.5, 0.6) is 5.88 Å². The zero-order valence-corrected chi connectivity index (χ0v) is 14.3. The molecule has 1 aliphatic heterocycles. The van der Waals surface area contributed by atoms with Gasteiger partial charge in [0.2, 0.25) is 5.88 Å². The average Bonchev–Trinajstić information content (AvgIpc) is 3.09. The number of carbonyl (C=O) groups excluding carboxylic acids is 1. The Morgan fingerprint density at radius 2 is 1.88 bits per heavy atom. The van der Waals surface area contributed by atoms with Crippen LogP contribution in [0.4, 0.5) is 19.6 Å². The summed E-state index contributed by atoms with van der Waals surface area (Å²) in [4.78, 5) is 20.1. The molecule has 0 aliphatic carbocycles. The van der Waals surface area contributed by atoms with E-state index >= 15 is 0 Å². The Labute approximate surface area is 153 Å². The van der Waals surface area contributed by atoms with Crippen LogP contribution < -0.4 is 15.9 Å². The maximum Gasteiger partial charge on any atom is 0.279 e. The minimum Gasteiger partial charge on any atom is -0.492 e. The highest BCUT2D eigenvalue weighted by molar-refractivity contribution is 7.17. The largest absolute Gasteiger partial charge is 0.492 e. The van der Waals surface area contributed by atoms with Gasteiger partial charge in [-0.25, -0.2) is 13.8 Å². The van der Waals surface area contributed by atoms with Crippen molar-refractivity contribution < 1.29 is 18.7 Å². The fourth-order valence-electron chi connectivity index (χ4n) is 2.56. The maximum atomic E-state index is 13.8. The number of para-hydroxylation sites is 1. The van der Waals surface area contributed by atoms with Crippen molar-refractivity contribution in [1.29, 1.82) is 0 Å². The van der Waals surface area contributed by atoms with Gasteiger partial charge >= 0.3 is 0 Å². The van der Waals surface area contributed by atoms with Crippen LogP contribution in [0.2, 0.25) is 5.02 Å². The van der Waals surface area contributed by atoms with Crippen molar-refractivity contribution in [3.63, 3.8) is 0 Å². The number of nitrogens with one attached hydrogen (secondary N) is 1. The Morgan fingerprint density at radius 1 is 1.15 bits per heavy atom. The van der Waals surface area contributed by atoms with Crippen LogP contribution in [0.15, 0.2) is 41.4 Å². The molecule has 2 heterocycles. The molecule has 0 saturated carbocycles. The van der Waals surface area contributed by atoms with Gasteiger partial charge in [-0.3, -0.25) is 4.79 Å². The van der Waals surface area contributed by atoms with Crippen LogP contribution in [0, 0.1) is 11.6 Å². The number of aromatic hydroxyl groups is 1. The van der Waals surface area contributed by atoms with Gasteiger partial charge in [0.15, 0.2) is 5.13 Å². The molecule has 0 saturated heterocycles. The minimum atomic E-state index is -0.807. The van der Waals surface area contributed by atoms with Gasteiger partial charge in [-0.1, -0.05) is 29.0 Å². The molecule has 0 fully saturated rings. The van der Waals surface area contributed by atoms with Gasteiger partial charge < -0.3 is 10.4 Å².